The lowest BCUT2D eigenvalue weighted by molar-refractivity contribution is 0.232. The molecule has 18 heavy (non-hydrogen) atoms. The van der Waals surface area contributed by atoms with Crippen LogP contribution in [0.2, 0.25) is 0 Å². The lowest BCUT2D eigenvalue weighted by Crippen LogP contribution is -2.18. The summed E-state index contributed by atoms with van der Waals surface area (Å²) in [6, 6.07) is 1.86. The molecule has 0 fully saturated rings. The Morgan fingerprint density at radius 1 is 1.17 bits per heavy atom. The molecule has 0 aliphatic carbocycles. The number of rotatable bonds is 6. The molecule has 1 aromatic heterocycles. The number of hydrogen-bond donors (Lipinski definition) is 1. The Kier molecular flexibility index (Phi) is 5.38. The second-order valence-electron chi connectivity index (χ2n) is 5.44. The number of nitrogens with zero attached hydrogens (tertiary/aromatic N) is 2. The molecule has 0 aromatic carbocycles. The van der Waals surface area contributed by atoms with E-state index >= 15 is 0 Å². The first-order valence-electron chi connectivity index (χ1n) is 6.64. The van der Waals surface area contributed by atoms with Gasteiger partial charge in [0.25, 0.3) is 0 Å². The van der Waals surface area contributed by atoms with Crippen molar-refractivity contribution >= 4 is 5.95 Å². The molecule has 0 radical (unpaired) electrons. The zero-order valence-electron chi connectivity index (χ0n) is 12.3. The predicted octanol–water partition coefficient (Wildman–Crippen LogP) is 3.28. The van der Waals surface area contributed by atoms with Crippen molar-refractivity contribution in [3.8, 4) is 5.88 Å². The van der Waals surface area contributed by atoms with Crippen molar-refractivity contribution in [1.82, 2.24) is 9.97 Å². The Morgan fingerprint density at radius 3 is 2.39 bits per heavy atom. The molecule has 4 heteroatoms. The molecular formula is C14H25N3O. The summed E-state index contributed by atoms with van der Waals surface area (Å²) < 4.78 is 5.60. The molecule has 1 rings (SSSR count). The Labute approximate surface area is 110 Å². The first kappa shape index (κ1) is 14.7. The Hall–Kier alpha value is -1.32. The average Bonchev–Trinajstić information content (AvgIpc) is 2.23. The molecule has 0 saturated heterocycles. The molecule has 0 spiro atoms. The van der Waals surface area contributed by atoms with Crippen molar-refractivity contribution in [1.29, 1.82) is 0 Å². The molecule has 4 nitrogen and oxygen atoms in total. The Balaban J connectivity index is 2.68. The molecule has 1 aromatic rings. The summed E-state index contributed by atoms with van der Waals surface area (Å²) in [6.07, 6.45) is 0.127. The second kappa shape index (κ2) is 6.57. The van der Waals surface area contributed by atoms with E-state index in [0.29, 0.717) is 23.7 Å². The summed E-state index contributed by atoms with van der Waals surface area (Å²) in [5.41, 5.74) is 0.917. The molecule has 102 valence electrons. The summed E-state index contributed by atoms with van der Waals surface area (Å²) in [5.74, 6) is 2.52. The molecule has 1 N–H and O–H groups in total. The second-order valence-corrected chi connectivity index (χ2v) is 5.44. The van der Waals surface area contributed by atoms with E-state index in [-0.39, 0.29) is 6.10 Å². The molecule has 0 aliphatic heterocycles. The van der Waals surface area contributed by atoms with Crippen LogP contribution in [0.1, 0.15) is 40.3 Å². The van der Waals surface area contributed by atoms with Gasteiger partial charge in [-0.1, -0.05) is 20.8 Å². The van der Waals surface area contributed by atoms with Gasteiger partial charge in [0.2, 0.25) is 11.8 Å². The third-order valence-corrected chi connectivity index (χ3v) is 2.91. The first-order valence-corrected chi connectivity index (χ1v) is 6.64. The van der Waals surface area contributed by atoms with E-state index in [1.807, 2.05) is 26.8 Å². The van der Waals surface area contributed by atoms with Gasteiger partial charge in [0.1, 0.15) is 0 Å². The molecule has 1 unspecified atom stereocenters. The lowest BCUT2D eigenvalue weighted by Gasteiger charge is -2.17. The van der Waals surface area contributed by atoms with Gasteiger partial charge in [-0.2, -0.15) is 4.98 Å². The lowest BCUT2D eigenvalue weighted by atomic mass is 9.98. The minimum absolute atomic E-state index is 0.127. The minimum atomic E-state index is 0.127. The SMILES string of the molecule is Cc1cc(OC(C)C)nc(NCC(C)C(C)C)n1. The van der Waals surface area contributed by atoms with Crippen molar-refractivity contribution < 1.29 is 4.74 Å². The highest BCUT2D eigenvalue weighted by atomic mass is 16.5. The first-order chi connectivity index (χ1) is 8.38. The van der Waals surface area contributed by atoms with Gasteiger partial charge in [-0.25, -0.2) is 4.98 Å². The van der Waals surface area contributed by atoms with Crippen LogP contribution in [0.25, 0.3) is 0 Å². The fourth-order valence-corrected chi connectivity index (χ4v) is 1.41. The maximum atomic E-state index is 5.60. The number of ether oxygens (including phenoxy) is 1. The molecule has 0 bridgehead atoms. The minimum Gasteiger partial charge on any atom is -0.475 e. The van der Waals surface area contributed by atoms with E-state index in [1.165, 1.54) is 0 Å². The Morgan fingerprint density at radius 2 is 1.83 bits per heavy atom. The third-order valence-electron chi connectivity index (χ3n) is 2.91. The monoisotopic (exact) mass is 251 g/mol. The third kappa shape index (κ3) is 4.90. The van der Waals surface area contributed by atoms with Crippen LogP contribution in [0.4, 0.5) is 5.95 Å². The highest BCUT2D eigenvalue weighted by molar-refractivity contribution is 5.30. The number of nitrogens with one attached hydrogen (secondary N) is 1. The topological polar surface area (TPSA) is 47.0 Å². The largest absolute Gasteiger partial charge is 0.475 e. The van der Waals surface area contributed by atoms with Crippen molar-refractivity contribution in [2.24, 2.45) is 11.8 Å². The van der Waals surface area contributed by atoms with Crippen molar-refractivity contribution in [2.75, 3.05) is 11.9 Å². The molecular weight excluding hydrogens is 226 g/mol. The van der Waals surface area contributed by atoms with Crippen LogP contribution in [-0.2, 0) is 0 Å². The van der Waals surface area contributed by atoms with E-state index in [0.717, 1.165) is 12.2 Å². The van der Waals surface area contributed by atoms with Crippen molar-refractivity contribution in [3.63, 3.8) is 0 Å². The summed E-state index contributed by atoms with van der Waals surface area (Å²) >= 11 is 0. The van der Waals surface area contributed by atoms with Crippen LogP contribution in [0, 0.1) is 18.8 Å². The normalized spacial score (nSPS) is 12.9. The van der Waals surface area contributed by atoms with Gasteiger partial charge in [-0.15, -0.1) is 0 Å². The van der Waals surface area contributed by atoms with Crippen molar-refractivity contribution in [3.05, 3.63) is 11.8 Å². The van der Waals surface area contributed by atoms with E-state index < -0.39 is 0 Å². The molecule has 1 atom stereocenters. The van der Waals surface area contributed by atoms with Crippen LogP contribution in [0.15, 0.2) is 6.07 Å². The van der Waals surface area contributed by atoms with Gasteiger partial charge in [0.05, 0.1) is 6.10 Å². The summed E-state index contributed by atoms with van der Waals surface area (Å²) in [5, 5.41) is 3.28. The van der Waals surface area contributed by atoms with Gasteiger partial charge in [0.15, 0.2) is 0 Å². The number of aryl methyl sites for hydroxylation is 1. The quantitative estimate of drug-likeness (QED) is 0.843. The maximum Gasteiger partial charge on any atom is 0.226 e. The summed E-state index contributed by atoms with van der Waals surface area (Å²) in [4.78, 5) is 8.73. The molecule has 0 aliphatic rings. The van der Waals surface area contributed by atoms with Crippen LogP contribution in [-0.4, -0.2) is 22.6 Å². The van der Waals surface area contributed by atoms with Crippen LogP contribution in [0.5, 0.6) is 5.88 Å². The predicted molar refractivity (Wildman–Crippen MR) is 75.0 cm³/mol. The van der Waals surface area contributed by atoms with Crippen LogP contribution < -0.4 is 10.1 Å². The zero-order chi connectivity index (χ0) is 13.7. The zero-order valence-corrected chi connectivity index (χ0v) is 12.3. The molecule has 0 saturated carbocycles. The summed E-state index contributed by atoms with van der Waals surface area (Å²) in [7, 11) is 0. The highest BCUT2D eigenvalue weighted by Gasteiger charge is 2.09. The number of hydrogen-bond acceptors (Lipinski definition) is 4. The fraction of sp³-hybridized carbons (Fsp3) is 0.714. The Bertz CT molecular complexity index is 377. The number of anilines is 1. The van der Waals surface area contributed by atoms with Gasteiger partial charge in [-0.05, 0) is 32.6 Å². The van der Waals surface area contributed by atoms with Gasteiger partial charge < -0.3 is 10.1 Å². The molecule has 0 amide bonds. The smallest absolute Gasteiger partial charge is 0.226 e. The van der Waals surface area contributed by atoms with E-state index in [4.69, 9.17) is 4.74 Å². The van der Waals surface area contributed by atoms with Crippen LogP contribution >= 0.6 is 0 Å². The maximum absolute atomic E-state index is 5.60. The van der Waals surface area contributed by atoms with E-state index in [2.05, 4.69) is 36.1 Å². The van der Waals surface area contributed by atoms with Gasteiger partial charge >= 0.3 is 0 Å². The van der Waals surface area contributed by atoms with Gasteiger partial charge in [0, 0.05) is 18.3 Å². The fourth-order valence-electron chi connectivity index (χ4n) is 1.41. The van der Waals surface area contributed by atoms with Crippen LogP contribution in [0.3, 0.4) is 0 Å². The van der Waals surface area contributed by atoms with E-state index in [9.17, 15) is 0 Å². The average molecular weight is 251 g/mol. The van der Waals surface area contributed by atoms with Crippen molar-refractivity contribution in [2.45, 2.75) is 47.6 Å². The molecule has 1 heterocycles. The highest BCUT2D eigenvalue weighted by Crippen LogP contribution is 2.15. The standard InChI is InChI=1S/C14H25N3O/c1-9(2)11(5)8-15-14-16-12(6)7-13(17-14)18-10(3)4/h7,9-11H,8H2,1-6H3,(H,15,16,17). The number of aromatic nitrogens is 2. The van der Waals surface area contributed by atoms with E-state index in [1.54, 1.807) is 0 Å². The summed E-state index contributed by atoms with van der Waals surface area (Å²) in [6.45, 7) is 13.5. The van der Waals surface area contributed by atoms with Gasteiger partial charge in [-0.3, -0.25) is 0 Å².